The van der Waals surface area contributed by atoms with E-state index in [1.54, 1.807) is 6.92 Å². The van der Waals surface area contributed by atoms with Crippen LogP contribution in [0.3, 0.4) is 0 Å². The van der Waals surface area contributed by atoms with E-state index in [1.807, 2.05) is 0 Å². The number of sulfonamides is 1. The molecule has 0 radical (unpaired) electrons. The molecule has 2 saturated carbocycles. The molecule has 5 nitrogen and oxygen atoms in total. The summed E-state index contributed by atoms with van der Waals surface area (Å²) in [5.41, 5.74) is 0. The summed E-state index contributed by atoms with van der Waals surface area (Å²) in [7, 11) is -3.75. The van der Waals surface area contributed by atoms with Crippen LogP contribution >= 0.6 is 11.3 Å². The van der Waals surface area contributed by atoms with Crippen molar-refractivity contribution in [1.29, 1.82) is 0 Å². The van der Waals surface area contributed by atoms with Crippen molar-refractivity contribution in [1.82, 2.24) is 5.32 Å². The maximum Gasteiger partial charge on any atom is 0.261 e. The highest BCUT2D eigenvalue weighted by molar-refractivity contribution is 7.89. The molecular formula is C14H20N2O3S2. The summed E-state index contributed by atoms with van der Waals surface area (Å²) >= 11 is 1.18. The normalized spacial score (nSPS) is 28.0. The number of carbonyl (C=O) groups excluding carboxylic acids is 1. The van der Waals surface area contributed by atoms with E-state index < -0.39 is 10.0 Å². The Kier molecular flexibility index (Phi) is 3.83. The number of aryl methyl sites for hydroxylation is 1. The van der Waals surface area contributed by atoms with E-state index in [0.29, 0.717) is 22.2 Å². The zero-order valence-corrected chi connectivity index (χ0v) is 13.6. The summed E-state index contributed by atoms with van der Waals surface area (Å²) in [5.74, 6) is 2.02. The van der Waals surface area contributed by atoms with Crippen LogP contribution in [0.5, 0.6) is 0 Å². The van der Waals surface area contributed by atoms with Gasteiger partial charge in [-0.1, -0.05) is 6.42 Å². The summed E-state index contributed by atoms with van der Waals surface area (Å²) in [4.78, 5) is 13.2. The van der Waals surface area contributed by atoms with Gasteiger partial charge in [-0.15, -0.1) is 11.3 Å². The van der Waals surface area contributed by atoms with Crippen LogP contribution in [-0.4, -0.2) is 20.9 Å². The molecule has 0 aromatic carbocycles. The Labute approximate surface area is 129 Å². The first-order valence-corrected chi connectivity index (χ1v) is 9.62. The molecule has 0 spiro atoms. The Morgan fingerprint density at radius 3 is 2.71 bits per heavy atom. The molecule has 1 aromatic heterocycles. The molecular weight excluding hydrogens is 308 g/mol. The lowest BCUT2D eigenvalue weighted by atomic mass is 9.89. The van der Waals surface area contributed by atoms with E-state index in [2.05, 4.69) is 5.32 Å². The Balaban J connectivity index is 1.63. The predicted molar refractivity (Wildman–Crippen MR) is 81.7 cm³/mol. The Hall–Kier alpha value is -0.920. The van der Waals surface area contributed by atoms with Crippen LogP contribution in [0.25, 0.3) is 0 Å². The number of carbonyl (C=O) groups is 1. The third kappa shape index (κ3) is 3.00. The van der Waals surface area contributed by atoms with Crippen LogP contribution in [0.4, 0.5) is 0 Å². The maximum absolute atomic E-state index is 12.2. The van der Waals surface area contributed by atoms with E-state index in [9.17, 15) is 13.2 Å². The fraction of sp³-hybridized carbons (Fsp3) is 0.643. The van der Waals surface area contributed by atoms with Crippen molar-refractivity contribution in [3.05, 3.63) is 15.8 Å². The van der Waals surface area contributed by atoms with Gasteiger partial charge in [-0.3, -0.25) is 4.79 Å². The largest absolute Gasteiger partial charge is 0.351 e. The number of hydrogen-bond acceptors (Lipinski definition) is 4. The van der Waals surface area contributed by atoms with Crippen LogP contribution in [-0.2, 0) is 10.0 Å². The second kappa shape index (κ2) is 5.37. The average molecular weight is 328 g/mol. The smallest absolute Gasteiger partial charge is 0.261 e. The molecule has 2 aliphatic carbocycles. The molecule has 3 N–H and O–H groups in total. The molecule has 21 heavy (non-hydrogen) atoms. The summed E-state index contributed by atoms with van der Waals surface area (Å²) in [6.45, 7) is 2.36. The Morgan fingerprint density at radius 2 is 2.19 bits per heavy atom. The number of fused-ring (bicyclic) bond motifs is 2. The molecule has 0 saturated heterocycles. The lowest BCUT2D eigenvalue weighted by molar-refractivity contribution is 0.0945. The van der Waals surface area contributed by atoms with Gasteiger partial charge in [0.05, 0.1) is 9.77 Å². The molecule has 1 aromatic rings. The molecule has 3 unspecified atom stereocenters. The van der Waals surface area contributed by atoms with Gasteiger partial charge in [-0.05, 0) is 50.0 Å². The van der Waals surface area contributed by atoms with Gasteiger partial charge in [0.1, 0.15) is 0 Å². The summed E-state index contributed by atoms with van der Waals surface area (Å²) < 4.78 is 22.8. The van der Waals surface area contributed by atoms with Gasteiger partial charge in [0.2, 0.25) is 10.0 Å². The van der Waals surface area contributed by atoms with Gasteiger partial charge in [-0.2, -0.15) is 0 Å². The zero-order chi connectivity index (χ0) is 15.2. The molecule has 2 fully saturated rings. The fourth-order valence-electron chi connectivity index (χ4n) is 3.80. The lowest BCUT2D eigenvalue weighted by Crippen LogP contribution is -2.31. The van der Waals surface area contributed by atoms with Crippen LogP contribution < -0.4 is 10.5 Å². The van der Waals surface area contributed by atoms with Gasteiger partial charge in [0, 0.05) is 11.4 Å². The van der Waals surface area contributed by atoms with Gasteiger partial charge < -0.3 is 5.32 Å². The van der Waals surface area contributed by atoms with E-state index in [0.717, 1.165) is 11.8 Å². The molecule has 2 bridgehead atoms. The van der Waals surface area contributed by atoms with Crippen molar-refractivity contribution in [2.24, 2.45) is 22.9 Å². The quantitative estimate of drug-likeness (QED) is 0.884. The van der Waals surface area contributed by atoms with Crippen LogP contribution in [0.1, 0.15) is 40.2 Å². The molecule has 7 heteroatoms. The summed E-state index contributed by atoms with van der Waals surface area (Å²) in [6, 6.07) is 1.38. The maximum atomic E-state index is 12.2. The van der Waals surface area contributed by atoms with Crippen LogP contribution in [0.15, 0.2) is 11.0 Å². The highest BCUT2D eigenvalue weighted by atomic mass is 32.2. The number of nitrogens with one attached hydrogen (secondary N) is 1. The monoisotopic (exact) mass is 328 g/mol. The zero-order valence-electron chi connectivity index (χ0n) is 12.0. The summed E-state index contributed by atoms with van der Waals surface area (Å²) in [5, 5.41) is 8.09. The lowest BCUT2D eigenvalue weighted by Gasteiger charge is -2.21. The molecule has 3 rings (SSSR count). The number of primary sulfonamides is 1. The number of rotatable bonds is 4. The molecule has 1 amide bonds. The van der Waals surface area contributed by atoms with E-state index in [4.69, 9.17) is 5.14 Å². The first-order valence-electron chi connectivity index (χ1n) is 7.26. The van der Waals surface area contributed by atoms with Gasteiger partial charge in [-0.25, -0.2) is 13.6 Å². The topological polar surface area (TPSA) is 89.3 Å². The van der Waals surface area contributed by atoms with Gasteiger partial charge in [0.15, 0.2) is 0 Å². The number of hydrogen-bond donors (Lipinski definition) is 2. The molecule has 116 valence electrons. The molecule has 3 atom stereocenters. The third-order valence-corrected chi connectivity index (χ3v) is 7.03. The van der Waals surface area contributed by atoms with Gasteiger partial charge >= 0.3 is 0 Å². The predicted octanol–water partition coefficient (Wildman–Crippen LogP) is 1.87. The Bertz CT molecular complexity index is 666. The molecule has 2 aliphatic rings. The van der Waals surface area contributed by atoms with Crippen LogP contribution in [0.2, 0.25) is 0 Å². The first-order chi connectivity index (χ1) is 9.84. The van der Waals surface area contributed by atoms with Crippen molar-refractivity contribution in [2.75, 3.05) is 6.54 Å². The van der Waals surface area contributed by atoms with Crippen molar-refractivity contribution >= 4 is 27.3 Å². The minimum absolute atomic E-state index is 0.0533. The second-order valence-corrected chi connectivity index (χ2v) is 9.01. The highest BCUT2D eigenvalue weighted by Gasteiger charge is 2.39. The van der Waals surface area contributed by atoms with Crippen LogP contribution in [0, 0.1) is 24.7 Å². The highest BCUT2D eigenvalue weighted by Crippen LogP contribution is 2.47. The second-order valence-electron chi connectivity index (χ2n) is 6.22. The van der Waals surface area contributed by atoms with Crippen molar-refractivity contribution < 1.29 is 13.2 Å². The minimum atomic E-state index is -3.75. The van der Waals surface area contributed by atoms with Crippen molar-refractivity contribution in [3.63, 3.8) is 0 Å². The minimum Gasteiger partial charge on any atom is -0.351 e. The van der Waals surface area contributed by atoms with E-state index in [-0.39, 0.29) is 10.8 Å². The summed E-state index contributed by atoms with van der Waals surface area (Å²) in [6.07, 6.45) is 5.17. The van der Waals surface area contributed by atoms with Gasteiger partial charge in [0.25, 0.3) is 5.91 Å². The molecule has 1 heterocycles. The molecule has 0 aliphatic heterocycles. The first kappa shape index (κ1) is 15.0. The standard InChI is InChI=1S/C14H20N2O3S2/c1-8-13(21(15,18)19)6-12(20-8)14(17)16-7-11-5-9-2-3-10(11)4-9/h6,9-11H,2-5,7H2,1H3,(H,16,17)(H2,15,18,19). The number of nitrogens with two attached hydrogens (primary N) is 1. The number of thiophene rings is 1. The Morgan fingerprint density at radius 1 is 1.43 bits per heavy atom. The van der Waals surface area contributed by atoms with E-state index >= 15 is 0 Å². The number of amides is 1. The average Bonchev–Trinajstić information content (AvgIpc) is 3.09. The third-order valence-electron chi connectivity index (χ3n) is 4.81. The SMILES string of the molecule is Cc1sc(C(=O)NCC2CC3CCC2C3)cc1S(N)(=O)=O. The fourth-order valence-corrected chi connectivity index (χ4v) is 5.86. The van der Waals surface area contributed by atoms with Crippen molar-refractivity contribution in [3.8, 4) is 0 Å². The van der Waals surface area contributed by atoms with Crippen molar-refractivity contribution in [2.45, 2.75) is 37.5 Å². The van der Waals surface area contributed by atoms with E-state index in [1.165, 1.54) is 43.1 Å².